The van der Waals surface area contributed by atoms with Gasteiger partial charge in [-0.2, -0.15) is 26.3 Å². The molecule has 232 valence electrons. The average molecular weight is 640 g/mol. The van der Waals surface area contributed by atoms with Crippen molar-refractivity contribution in [1.82, 2.24) is 10.2 Å². The lowest BCUT2D eigenvalue weighted by atomic mass is 9.87. The van der Waals surface area contributed by atoms with Gasteiger partial charge < -0.3 is 15.1 Å². The first-order valence-electron chi connectivity index (χ1n) is 13.6. The van der Waals surface area contributed by atoms with Crippen LogP contribution in [0.5, 0.6) is 0 Å². The number of carbonyl (C=O) groups is 1. The number of likely N-dealkylation sites (tertiary alicyclic amines) is 1. The molecule has 2 aromatic rings. The van der Waals surface area contributed by atoms with E-state index in [9.17, 15) is 31.1 Å². The predicted octanol–water partition coefficient (Wildman–Crippen LogP) is 8.13. The third-order valence-corrected chi connectivity index (χ3v) is 8.02. The summed E-state index contributed by atoms with van der Waals surface area (Å²) in [5.74, 6) is -0.302. The molecule has 3 rings (SSSR count). The van der Waals surface area contributed by atoms with Crippen LogP contribution in [0.2, 0.25) is 10.0 Å². The molecule has 2 aromatic carbocycles. The zero-order chi connectivity index (χ0) is 31.1. The van der Waals surface area contributed by atoms with Crippen LogP contribution in [0.1, 0.15) is 67.2 Å². The van der Waals surface area contributed by atoms with Gasteiger partial charge in [0.2, 0.25) is 5.91 Å². The molecular weight excluding hydrogens is 607 g/mol. The van der Waals surface area contributed by atoms with Crippen LogP contribution < -0.4 is 5.32 Å². The number of alkyl halides is 6. The second kappa shape index (κ2) is 14.8. The van der Waals surface area contributed by atoms with Crippen LogP contribution >= 0.6 is 23.2 Å². The Morgan fingerprint density at radius 2 is 1.71 bits per heavy atom. The molecule has 0 saturated carbocycles. The number of hydrogen-bond donors (Lipinski definition) is 1. The number of hydrogen-bond acceptors (Lipinski definition) is 4. The minimum atomic E-state index is -4.94. The summed E-state index contributed by atoms with van der Waals surface area (Å²) in [7, 11) is 1.31. The summed E-state index contributed by atoms with van der Waals surface area (Å²) < 4.78 is 80.3. The Morgan fingerprint density at radius 1 is 1.05 bits per heavy atom. The van der Waals surface area contributed by atoms with Crippen molar-refractivity contribution in [1.29, 1.82) is 0 Å². The lowest BCUT2D eigenvalue weighted by Gasteiger charge is -2.27. The van der Waals surface area contributed by atoms with Crippen molar-refractivity contribution in [2.75, 3.05) is 26.7 Å². The van der Waals surface area contributed by atoms with Gasteiger partial charge in [-0.1, -0.05) is 41.3 Å². The van der Waals surface area contributed by atoms with Crippen LogP contribution in [0.3, 0.4) is 0 Å². The lowest BCUT2D eigenvalue weighted by molar-refractivity contribution is -0.143. The maximum Gasteiger partial charge on any atom is 0.416 e. The molecule has 1 fully saturated rings. The van der Waals surface area contributed by atoms with Crippen LogP contribution in [0.15, 0.2) is 41.6 Å². The Morgan fingerprint density at radius 3 is 2.24 bits per heavy atom. The summed E-state index contributed by atoms with van der Waals surface area (Å²) in [5, 5.41) is 8.12. The van der Waals surface area contributed by atoms with Gasteiger partial charge >= 0.3 is 12.4 Å². The number of halogens is 8. The van der Waals surface area contributed by atoms with Gasteiger partial charge in [-0.15, -0.1) is 0 Å². The van der Waals surface area contributed by atoms with Gasteiger partial charge in [0.05, 0.1) is 26.9 Å². The van der Waals surface area contributed by atoms with Crippen molar-refractivity contribution >= 4 is 34.8 Å². The highest BCUT2D eigenvalue weighted by atomic mass is 35.5. The van der Waals surface area contributed by atoms with Crippen LogP contribution in [-0.2, 0) is 28.4 Å². The largest absolute Gasteiger partial charge is 0.416 e. The molecule has 5 nitrogen and oxygen atoms in total. The van der Waals surface area contributed by atoms with E-state index in [4.69, 9.17) is 28.0 Å². The predicted molar refractivity (Wildman–Crippen MR) is 151 cm³/mol. The molecule has 2 atom stereocenters. The maximum atomic E-state index is 13.4. The second-order valence-corrected chi connectivity index (χ2v) is 11.0. The first-order chi connectivity index (χ1) is 19.7. The molecule has 0 bridgehead atoms. The van der Waals surface area contributed by atoms with Crippen molar-refractivity contribution in [3.8, 4) is 0 Å². The molecule has 0 aromatic heterocycles. The van der Waals surface area contributed by atoms with E-state index in [1.807, 2.05) is 11.8 Å². The van der Waals surface area contributed by atoms with Gasteiger partial charge in [0, 0.05) is 31.5 Å². The summed E-state index contributed by atoms with van der Waals surface area (Å²) in [5.41, 5.74) is -1.74. The summed E-state index contributed by atoms with van der Waals surface area (Å²) >= 11 is 12.4. The fourth-order valence-electron chi connectivity index (χ4n) is 5.14. The molecule has 0 spiro atoms. The van der Waals surface area contributed by atoms with Gasteiger partial charge in [0.1, 0.15) is 7.11 Å². The molecule has 1 N–H and O–H groups in total. The molecule has 42 heavy (non-hydrogen) atoms. The monoisotopic (exact) mass is 639 g/mol. The molecule has 1 amide bonds. The van der Waals surface area contributed by atoms with E-state index in [0.29, 0.717) is 42.2 Å². The summed E-state index contributed by atoms with van der Waals surface area (Å²) in [4.78, 5) is 19.1. The SMILES string of the molecule is CCC(CNCCC(/C(CCc1cc(C(F)(F)F)cc(C(F)(F)F)c1)=N/OC)c1ccc(Cl)c(Cl)c1)N1CCCC1=O. The third-order valence-electron chi connectivity index (χ3n) is 7.29. The average Bonchev–Trinajstić information content (AvgIpc) is 3.35. The molecular formula is C29H33Cl2F6N3O2. The van der Waals surface area contributed by atoms with E-state index in [0.717, 1.165) is 31.5 Å². The second-order valence-electron chi connectivity index (χ2n) is 10.2. The molecule has 1 heterocycles. The van der Waals surface area contributed by atoms with Gasteiger partial charge in [-0.25, -0.2) is 0 Å². The first-order valence-corrected chi connectivity index (χ1v) is 14.3. The number of oxime groups is 1. The minimum absolute atomic E-state index is 0.0250. The number of carbonyl (C=O) groups excluding carboxylic acids is 1. The highest BCUT2D eigenvalue weighted by Gasteiger charge is 2.37. The number of amides is 1. The molecule has 0 aliphatic carbocycles. The zero-order valence-electron chi connectivity index (χ0n) is 23.2. The number of rotatable bonds is 13. The van der Waals surface area contributed by atoms with E-state index >= 15 is 0 Å². The Balaban J connectivity index is 1.82. The van der Waals surface area contributed by atoms with Crippen LogP contribution in [0.4, 0.5) is 26.3 Å². The smallest absolute Gasteiger partial charge is 0.399 e. The topological polar surface area (TPSA) is 53.9 Å². The Hall–Kier alpha value is -2.50. The van der Waals surface area contributed by atoms with E-state index in [2.05, 4.69) is 10.5 Å². The maximum absolute atomic E-state index is 13.4. The highest BCUT2D eigenvalue weighted by Crippen LogP contribution is 2.37. The third kappa shape index (κ3) is 9.25. The Labute approximate surface area is 251 Å². The molecule has 0 radical (unpaired) electrons. The zero-order valence-corrected chi connectivity index (χ0v) is 24.7. The van der Waals surface area contributed by atoms with Crippen LogP contribution in [0, 0.1) is 0 Å². The van der Waals surface area contributed by atoms with Gasteiger partial charge in [0.15, 0.2) is 0 Å². The molecule has 13 heteroatoms. The van der Waals surface area contributed by atoms with E-state index in [1.165, 1.54) is 7.11 Å². The minimum Gasteiger partial charge on any atom is -0.399 e. The standard InChI is InChI=1S/C29H33Cl2F6N3O2/c1-3-22(40-12-4-5-27(40)41)17-38-11-10-23(19-7-8-24(30)25(31)15-19)26(39-42-2)9-6-18-13-20(28(32,33)34)16-21(14-18)29(35,36)37/h7-8,13-16,22-23,38H,3-6,9-12,17H2,1-2H3/b39-26+. The van der Waals surface area contributed by atoms with Gasteiger partial charge in [-0.05, 0) is 80.1 Å². The van der Waals surface area contributed by atoms with Crippen molar-refractivity contribution in [3.05, 3.63) is 68.7 Å². The van der Waals surface area contributed by atoms with Crippen molar-refractivity contribution in [3.63, 3.8) is 0 Å². The first kappa shape index (κ1) is 34.0. The number of nitrogens with zero attached hydrogens (tertiary/aromatic N) is 2. The quantitative estimate of drug-likeness (QED) is 0.104. The van der Waals surface area contributed by atoms with E-state index in [-0.39, 0.29) is 41.4 Å². The summed E-state index contributed by atoms with van der Waals surface area (Å²) in [6.07, 6.45) is -7.38. The Kier molecular flexibility index (Phi) is 12.0. The highest BCUT2D eigenvalue weighted by molar-refractivity contribution is 6.42. The fourth-order valence-corrected chi connectivity index (χ4v) is 5.44. The van der Waals surface area contributed by atoms with Crippen molar-refractivity contribution in [2.45, 2.75) is 69.8 Å². The lowest BCUT2D eigenvalue weighted by Crippen LogP contribution is -2.43. The summed E-state index contributed by atoms with van der Waals surface area (Å²) in [6, 6.07) is 6.60. The summed E-state index contributed by atoms with van der Waals surface area (Å²) in [6.45, 7) is 3.78. The number of benzene rings is 2. The molecule has 1 aliphatic rings. The van der Waals surface area contributed by atoms with Crippen LogP contribution in [-0.4, -0.2) is 49.3 Å². The fraction of sp³-hybridized carbons (Fsp3) is 0.517. The van der Waals surface area contributed by atoms with Crippen molar-refractivity contribution < 1.29 is 36.0 Å². The van der Waals surface area contributed by atoms with Crippen molar-refractivity contribution in [2.24, 2.45) is 5.16 Å². The number of nitrogens with one attached hydrogen (secondary N) is 1. The molecule has 1 aliphatic heterocycles. The number of aryl methyl sites for hydroxylation is 1. The molecule has 2 unspecified atom stereocenters. The Bertz CT molecular complexity index is 1220. The van der Waals surface area contributed by atoms with E-state index < -0.39 is 29.4 Å². The van der Waals surface area contributed by atoms with E-state index in [1.54, 1.807) is 18.2 Å². The molecule has 1 saturated heterocycles. The van der Waals surface area contributed by atoms with Gasteiger partial charge in [0.25, 0.3) is 0 Å². The van der Waals surface area contributed by atoms with Gasteiger partial charge in [-0.3, -0.25) is 4.79 Å². The van der Waals surface area contributed by atoms with Crippen LogP contribution in [0.25, 0.3) is 0 Å². The normalized spacial score (nSPS) is 16.2.